The molecular formula is C20H24BrN3O2S2. The molecule has 150 valence electrons. The Hall–Kier alpha value is -1.38. The Morgan fingerprint density at radius 1 is 1.39 bits per heavy atom. The van der Waals surface area contributed by atoms with Gasteiger partial charge in [-0.2, -0.15) is 4.99 Å². The van der Waals surface area contributed by atoms with Crippen LogP contribution in [0, 0.1) is 0 Å². The molecule has 0 saturated carbocycles. The van der Waals surface area contributed by atoms with E-state index in [4.69, 9.17) is 0 Å². The van der Waals surface area contributed by atoms with Crippen LogP contribution in [0.1, 0.15) is 26.2 Å². The van der Waals surface area contributed by atoms with Crippen molar-refractivity contribution in [1.29, 1.82) is 0 Å². The first kappa shape index (κ1) is 21.3. The summed E-state index contributed by atoms with van der Waals surface area (Å²) in [5.41, 5.74) is 1.03. The third-order valence-electron chi connectivity index (χ3n) is 4.75. The highest BCUT2D eigenvalue weighted by Crippen LogP contribution is 2.22. The number of rotatable bonds is 6. The predicted octanol–water partition coefficient (Wildman–Crippen LogP) is 4.21. The van der Waals surface area contributed by atoms with Crippen LogP contribution >= 0.6 is 39.0 Å². The molecule has 1 aliphatic rings. The van der Waals surface area contributed by atoms with Crippen molar-refractivity contribution in [2.45, 2.75) is 38.8 Å². The molecule has 2 amide bonds. The molecule has 1 aliphatic heterocycles. The monoisotopic (exact) mass is 481 g/mol. The number of allylic oxidation sites excluding steroid dienone is 1. The van der Waals surface area contributed by atoms with Gasteiger partial charge in [0.05, 0.1) is 21.7 Å². The highest BCUT2D eigenvalue weighted by atomic mass is 79.9. The average Bonchev–Trinajstić information content (AvgIpc) is 2.98. The first-order valence-electron chi connectivity index (χ1n) is 9.34. The molecule has 0 bridgehead atoms. The van der Waals surface area contributed by atoms with Gasteiger partial charge in [0.25, 0.3) is 5.91 Å². The average molecular weight is 482 g/mol. The van der Waals surface area contributed by atoms with Gasteiger partial charge < -0.3 is 9.47 Å². The Morgan fingerprint density at radius 3 is 2.96 bits per heavy atom. The van der Waals surface area contributed by atoms with Gasteiger partial charge in [0.1, 0.15) is 0 Å². The first-order valence-corrected chi connectivity index (χ1v) is 12.1. The molecule has 0 aliphatic carbocycles. The standard InChI is InChI=1S/C20H24BrN3O2S2/c1-3-9-24-16-8-7-15(21)11-17(16)28-20(24)22-18(25)12-27-13-19(26)23-10-5-4-6-14(23)2/h3,7-8,11,14H,1,4-6,9-10,12-13H2,2H3. The fourth-order valence-corrected chi connectivity index (χ4v) is 5.64. The number of thiazole rings is 1. The molecule has 2 aromatic rings. The van der Waals surface area contributed by atoms with Crippen molar-refractivity contribution in [3.8, 4) is 0 Å². The maximum atomic E-state index is 12.4. The number of carbonyl (C=O) groups excluding carboxylic acids is 2. The van der Waals surface area contributed by atoms with Crippen molar-refractivity contribution in [3.05, 3.63) is 40.1 Å². The van der Waals surface area contributed by atoms with Gasteiger partial charge in [-0.15, -0.1) is 18.3 Å². The molecule has 0 N–H and O–H groups in total. The molecule has 0 radical (unpaired) electrons. The van der Waals surface area contributed by atoms with E-state index in [1.165, 1.54) is 29.5 Å². The molecule has 0 spiro atoms. The fraction of sp³-hybridized carbons (Fsp3) is 0.450. The quantitative estimate of drug-likeness (QED) is 0.580. The van der Waals surface area contributed by atoms with Gasteiger partial charge in [-0.3, -0.25) is 9.59 Å². The van der Waals surface area contributed by atoms with Gasteiger partial charge in [-0.1, -0.05) is 33.3 Å². The Labute approximate surface area is 181 Å². The van der Waals surface area contributed by atoms with E-state index < -0.39 is 0 Å². The first-order chi connectivity index (χ1) is 13.5. The maximum absolute atomic E-state index is 12.4. The number of hydrogen-bond acceptors (Lipinski definition) is 4. The number of amides is 2. The Bertz CT molecular complexity index is 951. The second-order valence-corrected chi connectivity index (χ2v) is 9.74. The van der Waals surface area contributed by atoms with Crippen LogP contribution in [0.4, 0.5) is 0 Å². The van der Waals surface area contributed by atoms with Crippen molar-refractivity contribution >= 4 is 61.1 Å². The number of piperidine rings is 1. The summed E-state index contributed by atoms with van der Waals surface area (Å²) in [6.45, 7) is 7.32. The van der Waals surface area contributed by atoms with Crippen molar-refractivity contribution in [3.63, 3.8) is 0 Å². The molecule has 2 heterocycles. The van der Waals surface area contributed by atoms with E-state index in [-0.39, 0.29) is 17.6 Å². The Morgan fingerprint density at radius 2 is 2.21 bits per heavy atom. The molecule has 1 unspecified atom stereocenters. The Kier molecular flexibility index (Phi) is 7.54. The van der Waals surface area contributed by atoms with E-state index in [1.54, 1.807) is 6.08 Å². The van der Waals surface area contributed by atoms with E-state index in [2.05, 4.69) is 34.4 Å². The van der Waals surface area contributed by atoms with Crippen LogP contribution in [0.25, 0.3) is 10.2 Å². The minimum atomic E-state index is -0.215. The van der Waals surface area contributed by atoms with Crippen LogP contribution in [0.15, 0.2) is 40.3 Å². The summed E-state index contributed by atoms with van der Waals surface area (Å²) in [6, 6.07) is 6.31. The normalized spacial score (nSPS) is 17.9. The summed E-state index contributed by atoms with van der Waals surface area (Å²) >= 11 is 6.31. The summed E-state index contributed by atoms with van der Waals surface area (Å²) in [6.07, 6.45) is 5.12. The van der Waals surface area contributed by atoms with Crippen molar-refractivity contribution < 1.29 is 9.59 Å². The van der Waals surface area contributed by atoms with Crippen LogP contribution in [0.3, 0.4) is 0 Å². The van der Waals surface area contributed by atoms with Crippen LogP contribution in [0.2, 0.25) is 0 Å². The fourth-order valence-electron chi connectivity index (χ4n) is 3.35. The lowest BCUT2D eigenvalue weighted by molar-refractivity contribution is -0.131. The van der Waals surface area contributed by atoms with Crippen molar-refractivity contribution in [2.24, 2.45) is 4.99 Å². The van der Waals surface area contributed by atoms with Gasteiger partial charge >= 0.3 is 0 Å². The zero-order valence-electron chi connectivity index (χ0n) is 15.9. The van der Waals surface area contributed by atoms with E-state index in [9.17, 15) is 9.59 Å². The maximum Gasteiger partial charge on any atom is 0.258 e. The number of likely N-dealkylation sites (tertiary alicyclic amines) is 1. The van der Waals surface area contributed by atoms with E-state index in [0.717, 1.165) is 34.1 Å². The number of benzene rings is 1. The molecular weight excluding hydrogens is 458 g/mol. The minimum absolute atomic E-state index is 0.124. The molecule has 1 aromatic heterocycles. The summed E-state index contributed by atoms with van der Waals surface area (Å²) in [5, 5.41) is 0. The zero-order valence-corrected chi connectivity index (χ0v) is 19.1. The zero-order chi connectivity index (χ0) is 20.1. The van der Waals surface area contributed by atoms with Gasteiger partial charge in [-0.25, -0.2) is 0 Å². The molecule has 1 aromatic carbocycles. The van der Waals surface area contributed by atoms with Crippen LogP contribution in [0.5, 0.6) is 0 Å². The van der Waals surface area contributed by atoms with Crippen molar-refractivity contribution in [1.82, 2.24) is 9.47 Å². The van der Waals surface area contributed by atoms with Crippen LogP contribution in [-0.2, 0) is 16.1 Å². The summed E-state index contributed by atoms with van der Waals surface area (Å²) < 4.78 is 4.04. The van der Waals surface area contributed by atoms with E-state index in [0.29, 0.717) is 23.1 Å². The number of thioether (sulfide) groups is 1. The number of aromatic nitrogens is 1. The predicted molar refractivity (Wildman–Crippen MR) is 121 cm³/mol. The number of hydrogen-bond donors (Lipinski definition) is 0. The van der Waals surface area contributed by atoms with Gasteiger partial charge in [0.15, 0.2) is 4.80 Å². The summed E-state index contributed by atoms with van der Waals surface area (Å²) in [4.78, 5) is 31.7. The lowest BCUT2D eigenvalue weighted by atomic mass is 10.0. The molecule has 3 rings (SSSR count). The molecule has 1 atom stereocenters. The van der Waals surface area contributed by atoms with Crippen molar-refractivity contribution in [2.75, 3.05) is 18.1 Å². The number of halogens is 1. The smallest absolute Gasteiger partial charge is 0.258 e. The van der Waals surface area contributed by atoms with Gasteiger partial charge in [0, 0.05) is 23.6 Å². The topological polar surface area (TPSA) is 54.7 Å². The van der Waals surface area contributed by atoms with Gasteiger partial charge in [-0.05, 0) is 44.4 Å². The Balaban J connectivity index is 1.66. The highest BCUT2D eigenvalue weighted by Gasteiger charge is 2.22. The number of carbonyl (C=O) groups is 2. The third kappa shape index (κ3) is 5.15. The third-order valence-corrected chi connectivity index (χ3v) is 7.19. The molecule has 5 nitrogen and oxygen atoms in total. The molecule has 8 heteroatoms. The second-order valence-electron chi connectivity index (χ2n) is 6.83. The second kappa shape index (κ2) is 9.89. The largest absolute Gasteiger partial charge is 0.339 e. The van der Waals surface area contributed by atoms with E-state index in [1.807, 2.05) is 27.7 Å². The number of nitrogens with zero attached hydrogens (tertiary/aromatic N) is 3. The molecule has 1 saturated heterocycles. The van der Waals surface area contributed by atoms with E-state index >= 15 is 0 Å². The molecule has 28 heavy (non-hydrogen) atoms. The minimum Gasteiger partial charge on any atom is -0.339 e. The summed E-state index contributed by atoms with van der Waals surface area (Å²) in [7, 11) is 0. The van der Waals surface area contributed by atoms with Gasteiger partial charge in [0.2, 0.25) is 5.91 Å². The van der Waals surface area contributed by atoms with Crippen LogP contribution in [-0.4, -0.2) is 45.4 Å². The summed E-state index contributed by atoms with van der Waals surface area (Å²) in [5.74, 6) is 0.448. The number of fused-ring (bicyclic) bond motifs is 1. The lowest BCUT2D eigenvalue weighted by Crippen LogP contribution is -2.43. The SMILES string of the molecule is C=CCn1c(=NC(=O)CSCC(=O)N2CCCCC2C)sc2cc(Br)ccc21. The van der Waals surface area contributed by atoms with Crippen LogP contribution < -0.4 is 4.80 Å². The molecule has 1 fully saturated rings. The lowest BCUT2D eigenvalue weighted by Gasteiger charge is -2.33. The highest BCUT2D eigenvalue weighted by molar-refractivity contribution is 9.10.